The zero-order chi connectivity index (χ0) is 26.4. The molecule has 188 valence electrons. The first-order chi connectivity index (χ1) is 19.3. The van der Waals surface area contributed by atoms with E-state index in [1.54, 1.807) is 0 Å². The topological polar surface area (TPSA) is 0 Å². The summed E-state index contributed by atoms with van der Waals surface area (Å²) in [6.07, 6.45) is 0.927. The summed E-state index contributed by atoms with van der Waals surface area (Å²) < 4.78 is 0. The Labute approximate surface area is 233 Å². The molecule has 6 rings (SSSR count). The average molecular weight is 520 g/mol. The fourth-order valence-electron chi connectivity index (χ4n) is 6.07. The minimum atomic E-state index is -2.17. The maximum Gasteiger partial charge on any atom is 0.113 e. The van der Waals surface area contributed by atoms with Crippen molar-refractivity contribution in [1.82, 2.24) is 0 Å². The van der Waals surface area contributed by atoms with Crippen molar-refractivity contribution >= 4 is 23.2 Å². The van der Waals surface area contributed by atoms with Crippen LogP contribution >= 0.6 is 7.26 Å². The van der Waals surface area contributed by atoms with Crippen molar-refractivity contribution in [1.29, 1.82) is 0 Å². The highest BCUT2D eigenvalue weighted by atomic mass is 31.2. The molecule has 0 radical (unpaired) electrons. The van der Waals surface area contributed by atoms with Crippen molar-refractivity contribution in [2.45, 2.75) is 5.41 Å². The first kappa shape index (κ1) is 25.1. The fraction of sp³-hybridized carbons (Fsp3) is 0.0526. The van der Waals surface area contributed by atoms with Gasteiger partial charge in [0, 0.05) is 0 Å². The van der Waals surface area contributed by atoms with Gasteiger partial charge in [0.05, 0.1) is 11.6 Å². The third kappa shape index (κ3) is 4.63. The summed E-state index contributed by atoms with van der Waals surface area (Å²) in [6, 6.07) is 67.0. The van der Waals surface area contributed by atoms with Crippen LogP contribution in [0.2, 0.25) is 0 Å². The van der Waals surface area contributed by atoms with Gasteiger partial charge in [-0.15, -0.1) is 0 Å². The Kier molecular flexibility index (Phi) is 7.22. The maximum absolute atomic E-state index is 2.35. The lowest BCUT2D eigenvalue weighted by molar-refractivity contribution is 0.700. The van der Waals surface area contributed by atoms with Gasteiger partial charge in [0.1, 0.15) is 23.2 Å². The van der Waals surface area contributed by atoms with Crippen molar-refractivity contribution < 1.29 is 0 Å². The molecule has 0 spiro atoms. The van der Waals surface area contributed by atoms with E-state index in [4.69, 9.17) is 0 Å². The Morgan fingerprint density at radius 3 is 0.795 bits per heavy atom. The van der Waals surface area contributed by atoms with E-state index in [9.17, 15) is 0 Å². The van der Waals surface area contributed by atoms with Crippen molar-refractivity contribution in [2.24, 2.45) is 0 Å². The standard InChI is InChI=1S/C38H32P/c1-7-19-32(20-8-1)38(33-21-9-2-10-22-33,34-23-11-3-12-24-34)31-39(35-25-13-4-14-26-35,36-27-15-5-16-28-36)37-29-17-6-18-30-37/h1-30H,31H2/q+1. The predicted molar refractivity (Wildman–Crippen MR) is 169 cm³/mol. The van der Waals surface area contributed by atoms with Gasteiger partial charge in [0.2, 0.25) is 0 Å². The Balaban J connectivity index is 1.76. The van der Waals surface area contributed by atoms with E-state index < -0.39 is 7.26 Å². The summed E-state index contributed by atoms with van der Waals surface area (Å²) in [7, 11) is -2.17. The van der Waals surface area contributed by atoms with E-state index in [1.165, 1.54) is 32.6 Å². The molecule has 0 saturated carbocycles. The fourth-order valence-corrected chi connectivity index (χ4v) is 10.8. The van der Waals surface area contributed by atoms with Crippen LogP contribution in [0.15, 0.2) is 182 Å². The van der Waals surface area contributed by atoms with E-state index in [2.05, 4.69) is 182 Å². The van der Waals surface area contributed by atoms with Gasteiger partial charge in [-0.3, -0.25) is 0 Å². The highest BCUT2D eigenvalue weighted by Gasteiger charge is 2.54. The number of rotatable bonds is 8. The number of benzene rings is 6. The molecule has 0 aliphatic rings. The van der Waals surface area contributed by atoms with Crippen LogP contribution in [0, 0.1) is 0 Å². The molecule has 0 fully saturated rings. The molecule has 0 aliphatic carbocycles. The van der Waals surface area contributed by atoms with Crippen LogP contribution in [0.1, 0.15) is 16.7 Å². The number of hydrogen-bond acceptors (Lipinski definition) is 0. The lowest BCUT2D eigenvalue weighted by Crippen LogP contribution is -2.43. The van der Waals surface area contributed by atoms with Crippen molar-refractivity contribution in [3.63, 3.8) is 0 Å². The normalized spacial score (nSPS) is 11.7. The van der Waals surface area contributed by atoms with Crippen LogP contribution in [0.4, 0.5) is 0 Å². The largest absolute Gasteiger partial charge is 0.113 e. The molecule has 0 nitrogen and oxygen atoms in total. The molecule has 0 bridgehead atoms. The van der Waals surface area contributed by atoms with Gasteiger partial charge in [0.25, 0.3) is 0 Å². The van der Waals surface area contributed by atoms with Crippen molar-refractivity contribution in [3.05, 3.63) is 199 Å². The van der Waals surface area contributed by atoms with Crippen LogP contribution in [-0.2, 0) is 5.41 Å². The third-order valence-electron chi connectivity index (χ3n) is 7.87. The SMILES string of the molecule is c1ccc(C(C[P+](c2ccccc2)(c2ccccc2)c2ccccc2)(c2ccccc2)c2ccccc2)cc1. The van der Waals surface area contributed by atoms with Crippen LogP contribution < -0.4 is 15.9 Å². The van der Waals surface area contributed by atoms with Crippen molar-refractivity contribution in [2.75, 3.05) is 6.16 Å². The van der Waals surface area contributed by atoms with Gasteiger partial charge in [-0.05, 0) is 53.1 Å². The summed E-state index contributed by atoms with van der Waals surface area (Å²) >= 11 is 0. The van der Waals surface area contributed by atoms with E-state index in [1.807, 2.05) is 0 Å². The Morgan fingerprint density at radius 2 is 0.538 bits per heavy atom. The second-order valence-electron chi connectivity index (χ2n) is 9.98. The lowest BCUT2D eigenvalue weighted by Gasteiger charge is -2.40. The van der Waals surface area contributed by atoms with Gasteiger partial charge in [0.15, 0.2) is 0 Å². The van der Waals surface area contributed by atoms with Crippen LogP contribution in [-0.4, -0.2) is 6.16 Å². The summed E-state index contributed by atoms with van der Waals surface area (Å²) in [6.45, 7) is 0. The second-order valence-corrected chi connectivity index (χ2v) is 13.5. The Hall–Kier alpha value is -4.25. The van der Waals surface area contributed by atoms with E-state index >= 15 is 0 Å². The summed E-state index contributed by atoms with van der Waals surface area (Å²) in [4.78, 5) is 0. The van der Waals surface area contributed by atoms with Gasteiger partial charge >= 0.3 is 0 Å². The molecular formula is C38H32P+. The first-order valence-electron chi connectivity index (χ1n) is 13.6. The minimum absolute atomic E-state index is 0.376. The highest BCUT2D eigenvalue weighted by molar-refractivity contribution is 7.95. The molecule has 39 heavy (non-hydrogen) atoms. The van der Waals surface area contributed by atoms with E-state index in [-0.39, 0.29) is 5.41 Å². The smallest absolute Gasteiger partial charge is 0.0622 e. The van der Waals surface area contributed by atoms with E-state index in [0.29, 0.717) is 0 Å². The summed E-state index contributed by atoms with van der Waals surface area (Å²) in [5.74, 6) is 0. The average Bonchev–Trinajstić information content (AvgIpc) is 3.04. The molecule has 0 aliphatic heterocycles. The number of hydrogen-bond donors (Lipinski definition) is 0. The highest BCUT2D eigenvalue weighted by Crippen LogP contribution is 2.61. The second kappa shape index (κ2) is 11.2. The van der Waals surface area contributed by atoms with Crippen LogP contribution in [0.5, 0.6) is 0 Å². The molecule has 0 aromatic heterocycles. The molecule has 1 heteroatoms. The van der Waals surface area contributed by atoms with E-state index in [0.717, 1.165) is 6.16 Å². The van der Waals surface area contributed by atoms with Gasteiger partial charge < -0.3 is 0 Å². The minimum Gasteiger partial charge on any atom is -0.0622 e. The molecule has 0 unspecified atom stereocenters. The van der Waals surface area contributed by atoms with Gasteiger partial charge in [-0.1, -0.05) is 146 Å². The zero-order valence-corrected chi connectivity index (χ0v) is 22.9. The molecular weight excluding hydrogens is 487 g/mol. The molecule has 0 heterocycles. The zero-order valence-electron chi connectivity index (χ0n) is 22.0. The first-order valence-corrected chi connectivity index (χ1v) is 15.5. The predicted octanol–water partition coefficient (Wildman–Crippen LogP) is 8.02. The molecule has 0 N–H and O–H groups in total. The Morgan fingerprint density at radius 1 is 0.308 bits per heavy atom. The molecule has 6 aromatic rings. The van der Waals surface area contributed by atoms with Crippen molar-refractivity contribution in [3.8, 4) is 0 Å². The van der Waals surface area contributed by atoms with Gasteiger partial charge in [-0.25, -0.2) is 0 Å². The molecule has 0 atom stereocenters. The molecule has 0 saturated heterocycles. The third-order valence-corrected chi connectivity index (χ3v) is 12.4. The van der Waals surface area contributed by atoms with Crippen LogP contribution in [0.25, 0.3) is 0 Å². The molecule has 0 amide bonds. The molecule has 6 aromatic carbocycles. The summed E-state index contributed by atoms with van der Waals surface area (Å²) in [5, 5.41) is 4.19. The quantitative estimate of drug-likeness (QED) is 0.141. The maximum atomic E-state index is 2.35. The Bertz CT molecular complexity index is 1260. The monoisotopic (exact) mass is 519 g/mol. The summed E-state index contributed by atoms with van der Waals surface area (Å²) in [5.41, 5.74) is 3.57. The lowest BCUT2D eigenvalue weighted by atomic mass is 9.71. The van der Waals surface area contributed by atoms with Crippen LogP contribution in [0.3, 0.4) is 0 Å². The van der Waals surface area contributed by atoms with Gasteiger partial charge in [-0.2, -0.15) is 0 Å².